The van der Waals surface area contributed by atoms with Crippen LogP contribution in [0.25, 0.3) is 21.8 Å². The number of ether oxygens (including phenoxy) is 1. The summed E-state index contributed by atoms with van der Waals surface area (Å²) in [5.41, 5.74) is 4.24. The van der Waals surface area contributed by atoms with Crippen molar-refractivity contribution < 1.29 is 9.53 Å². The van der Waals surface area contributed by atoms with E-state index >= 15 is 0 Å². The summed E-state index contributed by atoms with van der Waals surface area (Å²) in [4.78, 5) is 16.8. The van der Waals surface area contributed by atoms with Gasteiger partial charge in [-0.05, 0) is 24.5 Å². The molecule has 1 saturated heterocycles. The number of thiazole rings is 1. The van der Waals surface area contributed by atoms with E-state index in [2.05, 4.69) is 35.0 Å². The highest BCUT2D eigenvalue weighted by Gasteiger charge is 2.23. The Morgan fingerprint density at radius 2 is 2.00 bits per heavy atom. The van der Waals surface area contributed by atoms with Crippen molar-refractivity contribution in [1.82, 2.24) is 10.3 Å². The maximum Gasteiger partial charge on any atom is 0.249 e. The lowest BCUT2D eigenvalue weighted by atomic mass is 10.1. The van der Waals surface area contributed by atoms with E-state index in [1.165, 1.54) is 0 Å². The number of hydrogen-bond acceptors (Lipinski definition) is 4. The highest BCUT2D eigenvalue weighted by molar-refractivity contribution is 7.13. The topological polar surface area (TPSA) is 51.2 Å². The first-order valence-electron chi connectivity index (χ1n) is 8.79. The van der Waals surface area contributed by atoms with Crippen LogP contribution in [0.4, 0.5) is 0 Å². The minimum Gasteiger partial charge on any atom is -0.368 e. The van der Waals surface area contributed by atoms with Gasteiger partial charge in [0.05, 0.1) is 5.69 Å². The molecule has 0 bridgehead atoms. The highest BCUT2D eigenvalue weighted by atomic mass is 32.1. The van der Waals surface area contributed by atoms with Gasteiger partial charge in [-0.2, -0.15) is 0 Å². The third-order valence-corrected chi connectivity index (χ3v) is 5.33. The minimum absolute atomic E-state index is 0.0199. The standard InChI is InChI=1S/C21H20N2O2S/c24-20(19-10-5-11-25-19)22-13-15-6-4-9-17(12-15)21-23-18(14-26-21)16-7-2-1-3-8-16/h1-4,6-9,12,14,19H,5,10-11,13H2,(H,22,24). The fourth-order valence-corrected chi connectivity index (χ4v) is 3.88. The molecular formula is C21H20N2O2S. The predicted molar refractivity (Wildman–Crippen MR) is 104 cm³/mol. The van der Waals surface area contributed by atoms with Crippen molar-refractivity contribution in [2.75, 3.05) is 6.61 Å². The van der Waals surface area contributed by atoms with Crippen LogP contribution in [0.15, 0.2) is 60.0 Å². The van der Waals surface area contributed by atoms with Crippen LogP contribution in [0.1, 0.15) is 18.4 Å². The molecule has 2 aromatic carbocycles. The number of benzene rings is 2. The van der Waals surface area contributed by atoms with E-state index in [9.17, 15) is 4.79 Å². The fourth-order valence-electron chi connectivity index (χ4n) is 3.05. The molecule has 132 valence electrons. The number of amides is 1. The van der Waals surface area contributed by atoms with Gasteiger partial charge in [-0.25, -0.2) is 4.98 Å². The first-order valence-corrected chi connectivity index (χ1v) is 9.67. The number of carbonyl (C=O) groups excluding carboxylic acids is 1. The van der Waals surface area contributed by atoms with E-state index in [-0.39, 0.29) is 12.0 Å². The largest absolute Gasteiger partial charge is 0.368 e. The third kappa shape index (κ3) is 3.84. The lowest BCUT2D eigenvalue weighted by molar-refractivity contribution is -0.130. The summed E-state index contributed by atoms with van der Waals surface area (Å²) in [6.07, 6.45) is 1.49. The zero-order valence-electron chi connectivity index (χ0n) is 14.4. The summed E-state index contributed by atoms with van der Waals surface area (Å²) in [5.74, 6) is -0.0199. The van der Waals surface area contributed by atoms with Crippen molar-refractivity contribution in [3.63, 3.8) is 0 Å². The Bertz CT molecular complexity index is 886. The number of hydrogen-bond donors (Lipinski definition) is 1. The van der Waals surface area contributed by atoms with Gasteiger partial charge in [0.25, 0.3) is 0 Å². The van der Waals surface area contributed by atoms with Gasteiger partial charge in [0.2, 0.25) is 5.91 Å². The fraction of sp³-hybridized carbons (Fsp3) is 0.238. The van der Waals surface area contributed by atoms with Crippen LogP contribution in [-0.4, -0.2) is 23.6 Å². The third-order valence-electron chi connectivity index (χ3n) is 4.44. The molecule has 1 atom stereocenters. The number of nitrogens with one attached hydrogen (secondary N) is 1. The van der Waals surface area contributed by atoms with Gasteiger partial charge >= 0.3 is 0 Å². The quantitative estimate of drug-likeness (QED) is 0.735. The molecule has 0 spiro atoms. The van der Waals surface area contributed by atoms with Crippen molar-refractivity contribution in [3.8, 4) is 21.8 Å². The molecule has 2 heterocycles. The summed E-state index contributed by atoms with van der Waals surface area (Å²) in [6.45, 7) is 1.19. The second-order valence-electron chi connectivity index (χ2n) is 6.32. The number of aromatic nitrogens is 1. The molecule has 5 heteroatoms. The van der Waals surface area contributed by atoms with E-state index in [1.807, 2.05) is 30.3 Å². The van der Waals surface area contributed by atoms with Crippen molar-refractivity contribution in [1.29, 1.82) is 0 Å². The van der Waals surface area contributed by atoms with E-state index < -0.39 is 0 Å². The minimum atomic E-state index is -0.287. The lowest BCUT2D eigenvalue weighted by Crippen LogP contribution is -2.33. The molecule has 1 amide bonds. The monoisotopic (exact) mass is 364 g/mol. The molecule has 1 aliphatic heterocycles. The van der Waals surface area contributed by atoms with Gasteiger partial charge in [0, 0.05) is 29.7 Å². The molecule has 0 radical (unpaired) electrons. The van der Waals surface area contributed by atoms with Crippen LogP contribution in [0.5, 0.6) is 0 Å². The van der Waals surface area contributed by atoms with Crippen molar-refractivity contribution >= 4 is 17.2 Å². The van der Waals surface area contributed by atoms with Crippen LogP contribution in [0, 0.1) is 0 Å². The number of rotatable bonds is 5. The smallest absolute Gasteiger partial charge is 0.249 e. The summed E-state index contributed by atoms with van der Waals surface area (Å²) < 4.78 is 5.42. The van der Waals surface area contributed by atoms with Crippen LogP contribution >= 0.6 is 11.3 Å². The second-order valence-corrected chi connectivity index (χ2v) is 7.18. The van der Waals surface area contributed by atoms with Gasteiger partial charge in [0.1, 0.15) is 11.1 Å². The maximum absolute atomic E-state index is 12.1. The Kier molecular flexibility index (Phi) is 5.09. The first-order chi connectivity index (χ1) is 12.8. The summed E-state index contributed by atoms with van der Waals surface area (Å²) in [5, 5.41) is 6.03. The first kappa shape index (κ1) is 16.9. The zero-order chi connectivity index (χ0) is 17.8. The molecule has 1 aliphatic rings. The Morgan fingerprint density at radius 1 is 1.15 bits per heavy atom. The average molecular weight is 364 g/mol. The number of nitrogens with zero attached hydrogens (tertiary/aromatic N) is 1. The van der Waals surface area contributed by atoms with Gasteiger partial charge in [-0.3, -0.25) is 4.79 Å². The average Bonchev–Trinajstić information content (AvgIpc) is 3.39. The van der Waals surface area contributed by atoms with Gasteiger partial charge < -0.3 is 10.1 Å². The van der Waals surface area contributed by atoms with Crippen molar-refractivity contribution in [2.45, 2.75) is 25.5 Å². The van der Waals surface area contributed by atoms with E-state index in [1.54, 1.807) is 11.3 Å². The Balaban J connectivity index is 1.46. The summed E-state index contributed by atoms with van der Waals surface area (Å²) in [7, 11) is 0. The molecule has 3 aromatic rings. The maximum atomic E-state index is 12.1. The normalized spacial score (nSPS) is 16.5. The van der Waals surface area contributed by atoms with Crippen LogP contribution < -0.4 is 5.32 Å². The van der Waals surface area contributed by atoms with Gasteiger partial charge in [0.15, 0.2) is 0 Å². The molecule has 1 N–H and O–H groups in total. The zero-order valence-corrected chi connectivity index (χ0v) is 15.2. The van der Waals surface area contributed by atoms with E-state index in [0.717, 1.165) is 40.2 Å². The molecule has 1 aromatic heterocycles. The molecule has 0 aliphatic carbocycles. The van der Waals surface area contributed by atoms with E-state index in [0.29, 0.717) is 13.2 Å². The molecule has 4 rings (SSSR count). The Hall–Kier alpha value is -2.50. The predicted octanol–water partition coefficient (Wildman–Crippen LogP) is 4.27. The van der Waals surface area contributed by atoms with Gasteiger partial charge in [-0.15, -0.1) is 11.3 Å². The summed E-state index contributed by atoms with van der Waals surface area (Å²) >= 11 is 1.63. The molecule has 0 saturated carbocycles. The van der Waals surface area contributed by atoms with Crippen LogP contribution in [-0.2, 0) is 16.1 Å². The van der Waals surface area contributed by atoms with Crippen molar-refractivity contribution in [2.24, 2.45) is 0 Å². The molecular weight excluding hydrogens is 344 g/mol. The molecule has 1 unspecified atom stereocenters. The van der Waals surface area contributed by atoms with Crippen LogP contribution in [0.3, 0.4) is 0 Å². The van der Waals surface area contributed by atoms with Gasteiger partial charge in [-0.1, -0.05) is 48.5 Å². The Morgan fingerprint density at radius 3 is 2.81 bits per heavy atom. The molecule has 1 fully saturated rings. The summed E-state index contributed by atoms with van der Waals surface area (Å²) in [6, 6.07) is 18.3. The highest BCUT2D eigenvalue weighted by Crippen LogP contribution is 2.29. The molecule has 4 nitrogen and oxygen atoms in total. The van der Waals surface area contributed by atoms with E-state index in [4.69, 9.17) is 9.72 Å². The SMILES string of the molecule is O=C(NCc1cccc(-c2nc(-c3ccccc3)cs2)c1)C1CCCO1. The molecule has 26 heavy (non-hydrogen) atoms. The number of carbonyl (C=O) groups is 1. The van der Waals surface area contributed by atoms with Crippen molar-refractivity contribution in [3.05, 3.63) is 65.5 Å². The second kappa shape index (κ2) is 7.81. The lowest BCUT2D eigenvalue weighted by Gasteiger charge is -2.10. The Labute approximate surface area is 156 Å². The van der Waals surface area contributed by atoms with Crippen LogP contribution in [0.2, 0.25) is 0 Å².